The van der Waals surface area contributed by atoms with Crippen LogP contribution < -0.4 is 16.9 Å². The van der Waals surface area contributed by atoms with Gasteiger partial charge in [-0.15, -0.1) is 0 Å². The average Bonchev–Trinajstić information content (AvgIpc) is 2.85. The molecule has 4 rings (SSSR count). The molecule has 4 aromatic rings. The molecule has 2 aromatic heterocycles. The Hall–Kier alpha value is -3.34. The number of nitrogen functional groups attached to an aromatic ring is 2. The van der Waals surface area contributed by atoms with Gasteiger partial charge in [0.1, 0.15) is 12.7 Å². The number of nitrogens with zero attached hydrogens (tertiary/aromatic N) is 4. The van der Waals surface area contributed by atoms with E-state index in [9.17, 15) is 0 Å². The molecule has 0 aliphatic carbocycles. The van der Waals surface area contributed by atoms with Crippen LogP contribution in [-0.4, -0.2) is 37.1 Å². The Morgan fingerprint density at radius 2 is 1.17 bits per heavy atom. The van der Waals surface area contributed by atoms with E-state index < -0.39 is 7.12 Å². The largest absolute Gasteiger partial charge is 0.491 e. The first-order chi connectivity index (χ1) is 17.1. The van der Waals surface area contributed by atoms with Crippen molar-refractivity contribution in [1.82, 2.24) is 19.9 Å². The summed E-state index contributed by atoms with van der Waals surface area (Å²) in [7, 11) is -1.47. The minimum absolute atomic E-state index is 0.303. The molecule has 0 saturated heterocycles. The van der Waals surface area contributed by atoms with Crippen LogP contribution in [0.4, 0.5) is 11.4 Å². The van der Waals surface area contributed by atoms with Crippen molar-refractivity contribution in [2.45, 2.75) is 39.5 Å². The average molecular weight is 551 g/mol. The summed E-state index contributed by atoms with van der Waals surface area (Å²) in [5.74, 6) is 0.948. The first-order valence-electron chi connectivity index (χ1n) is 11.4. The van der Waals surface area contributed by atoms with Crippen molar-refractivity contribution >= 4 is 39.9 Å². The molecule has 0 spiro atoms. The molecular weight excluding hydrogens is 519 g/mol. The van der Waals surface area contributed by atoms with Crippen LogP contribution in [0, 0.1) is 0 Å². The minimum atomic E-state index is -1.47. The van der Waals surface area contributed by atoms with Crippen molar-refractivity contribution in [2.75, 3.05) is 11.5 Å². The molecule has 0 radical (unpaired) electrons. The van der Waals surface area contributed by atoms with Gasteiger partial charge < -0.3 is 21.5 Å². The Labute approximate surface area is 221 Å². The van der Waals surface area contributed by atoms with E-state index in [0.717, 1.165) is 27.0 Å². The maximum absolute atomic E-state index is 8.50. The number of anilines is 2. The fourth-order valence-electron chi connectivity index (χ4n) is 3.24. The van der Waals surface area contributed by atoms with Crippen LogP contribution in [0.5, 0.6) is 0 Å². The number of benzene rings is 2. The van der Waals surface area contributed by atoms with E-state index in [4.69, 9.17) is 21.5 Å². The lowest BCUT2D eigenvalue weighted by atomic mass is 9.83. The van der Waals surface area contributed by atoms with E-state index in [1.165, 1.54) is 36.2 Å². The third-order valence-corrected chi connectivity index (χ3v) is 5.65. The normalized spacial score (nSPS) is 10.2. The van der Waals surface area contributed by atoms with E-state index in [0.29, 0.717) is 17.3 Å². The lowest BCUT2D eigenvalue weighted by molar-refractivity contribution is 0.425. The highest BCUT2D eigenvalue weighted by atomic mass is 79.9. The number of hydrogen-bond donors (Lipinski definition) is 4. The van der Waals surface area contributed by atoms with Gasteiger partial charge in [0.25, 0.3) is 0 Å². The van der Waals surface area contributed by atoms with E-state index >= 15 is 0 Å². The Bertz CT molecular complexity index is 1210. The molecule has 0 saturated carbocycles. The quantitative estimate of drug-likeness (QED) is 0.219. The molecule has 0 aliphatic heterocycles. The highest BCUT2D eigenvalue weighted by Gasteiger charge is 2.09. The van der Waals surface area contributed by atoms with Crippen LogP contribution in [0.15, 0.2) is 78.3 Å². The van der Waals surface area contributed by atoms with E-state index in [1.807, 2.05) is 18.2 Å². The van der Waals surface area contributed by atoms with Crippen LogP contribution in [0.1, 0.15) is 50.7 Å². The van der Waals surface area contributed by atoms with Crippen molar-refractivity contribution in [3.8, 4) is 11.1 Å². The maximum atomic E-state index is 8.50. The summed E-state index contributed by atoms with van der Waals surface area (Å²) in [6.45, 7) is 8.55. The van der Waals surface area contributed by atoms with Gasteiger partial charge in [0, 0.05) is 51.7 Å². The standard InChI is InChI=1S/C13H15N3.C9H12BrN.C4H5BN2O2/c1-9(2)12-4-3-10(5-13(12)14)11-6-15-8-16-7-11;1-6(2)8-4-3-7(10)5-9(8)11;8-5(9)4-1-6-3-7-2-4/h3-9H,14H2,1-2H3;3-6H,11H2,1-2H3;1-3,8-9H. The summed E-state index contributed by atoms with van der Waals surface area (Å²) in [4.78, 5) is 15.1. The van der Waals surface area contributed by atoms with Crippen molar-refractivity contribution in [1.29, 1.82) is 0 Å². The molecule has 0 aliphatic rings. The second-order valence-electron chi connectivity index (χ2n) is 8.60. The predicted molar refractivity (Wildman–Crippen MR) is 150 cm³/mol. The molecule has 0 bridgehead atoms. The van der Waals surface area contributed by atoms with Crippen LogP contribution in [0.25, 0.3) is 11.1 Å². The topological polar surface area (TPSA) is 144 Å². The Morgan fingerprint density at radius 1 is 0.694 bits per heavy atom. The van der Waals surface area contributed by atoms with Gasteiger partial charge in [-0.2, -0.15) is 0 Å². The van der Waals surface area contributed by atoms with Crippen molar-refractivity contribution < 1.29 is 10.0 Å². The fourth-order valence-corrected chi connectivity index (χ4v) is 3.62. The smallest absolute Gasteiger partial charge is 0.423 e. The second kappa shape index (κ2) is 14.3. The molecule has 8 nitrogen and oxygen atoms in total. The number of aromatic nitrogens is 4. The molecule has 2 heterocycles. The number of hydrogen-bond acceptors (Lipinski definition) is 8. The molecule has 6 N–H and O–H groups in total. The summed E-state index contributed by atoms with van der Waals surface area (Å²) in [5, 5.41) is 17.0. The van der Waals surface area contributed by atoms with Gasteiger partial charge in [-0.25, -0.2) is 19.9 Å². The Balaban J connectivity index is 0.000000200. The van der Waals surface area contributed by atoms with E-state index in [-0.39, 0.29) is 0 Å². The van der Waals surface area contributed by atoms with Gasteiger partial charge in [-0.05, 0) is 46.7 Å². The zero-order chi connectivity index (χ0) is 26.7. The SMILES string of the molecule is CC(C)c1ccc(-c2cncnc2)cc1N.CC(C)c1ccc(Br)cc1N.OB(O)c1cncnc1. The van der Waals surface area contributed by atoms with Gasteiger partial charge in [0.05, 0.1) is 0 Å². The van der Waals surface area contributed by atoms with E-state index in [1.54, 1.807) is 12.4 Å². The molecule has 0 fully saturated rings. The van der Waals surface area contributed by atoms with Crippen LogP contribution >= 0.6 is 15.9 Å². The Morgan fingerprint density at radius 3 is 1.58 bits per heavy atom. The second-order valence-corrected chi connectivity index (χ2v) is 9.51. The number of nitrogens with two attached hydrogens (primary N) is 2. The number of halogens is 1. The highest BCUT2D eigenvalue weighted by Crippen LogP contribution is 2.27. The summed E-state index contributed by atoms with van der Waals surface area (Å²) < 4.78 is 1.04. The third kappa shape index (κ3) is 9.03. The predicted octanol–water partition coefficient (Wildman–Crippen LogP) is 4.16. The lowest BCUT2D eigenvalue weighted by Gasteiger charge is -2.10. The van der Waals surface area contributed by atoms with Gasteiger partial charge in [0.15, 0.2) is 0 Å². The Kier molecular flexibility index (Phi) is 11.5. The van der Waals surface area contributed by atoms with Crippen LogP contribution in [-0.2, 0) is 0 Å². The van der Waals surface area contributed by atoms with Crippen LogP contribution in [0.2, 0.25) is 0 Å². The molecule has 188 valence electrons. The number of rotatable bonds is 4. The fraction of sp³-hybridized carbons (Fsp3) is 0.231. The van der Waals surface area contributed by atoms with Gasteiger partial charge >= 0.3 is 7.12 Å². The molecular formula is C26H32BBrN6O2. The van der Waals surface area contributed by atoms with Gasteiger partial charge in [0.2, 0.25) is 0 Å². The molecule has 10 heteroatoms. The van der Waals surface area contributed by atoms with Crippen molar-refractivity contribution in [3.63, 3.8) is 0 Å². The first kappa shape index (κ1) is 28.9. The summed E-state index contributed by atoms with van der Waals surface area (Å²) in [6, 6.07) is 12.1. The van der Waals surface area contributed by atoms with Crippen molar-refractivity contribution in [2.24, 2.45) is 0 Å². The monoisotopic (exact) mass is 550 g/mol. The maximum Gasteiger partial charge on any atom is 0.491 e. The minimum Gasteiger partial charge on any atom is -0.423 e. The molecule has 36 heavy (non-hydrogen) atoms. The molecule has 0 atom stereocenters. The summed E-state index contributed by atoms with van der Waals surface area (Å²) in [5.41, 5.74) is 18.3. The van der Waals surface area contributed by atoms with Crippen LogP contribution in [0.3, 0.4) is 0 Å². The summed E-state index contributed by atoms with van der Waals surface area (Å²) in [6.07, 6.45) is 9.12. The highest BCUT2D eigenvalue weighted by molar-refractivity contribution is 9.10. The van der Waals surface area contributed by atoms with Gasteiger partial charge in [-0.1, -0.05) is 61.8 Å². The van der Waals surface area contributed by atoms with E-state index in [2.05, 4.69) is 81.8 Å². The van der Waals surface area contributed by atoms with Crippen molar-refractivity contribution in [3.05, 3.63) is 89.4 Å². The molecule has 2 aromatic carbocycles. The molecule has 0 amide bonds. The zero-order valence-corrected chi connectivity index (χ0v) is 22.5. The zero-order valence-electron chi connectivity index (χ0n) is 20.9. The van der Waals surface area contributed by atoms with Gasteiger partial charge in [-0.3, -0.25) is 0 Å². The molecule has 0 unspecified atom stereocenters. The summed E-state index contributed by atoms with van der Waals surface area (Å²) >= 11 is 3.37. The lowest BCUT2D eigenvalue weighted by Crippen LogP contribution is -2.30. The third-order valence-electron chi connectivity index (χ3n) is 5.15. The first-order valence-corrected chi connectivity index (χ1v) is 12.2.